The fourth-order valence-electron chi connectivity index (χ4n) is 1.19. The molecule has 0 saturated carbocycles. The van der Waals surface area contributed by atoms with E-state index in [1.807, 2.05) is 13.8 Å². The molecular formula is C11H15ClN2O2. The lowest BCUT2D eigenvalue weighted by Gasteiger charge is -2.13. The van der Waals surface area contributed by atoms with E-state index in [1.165, 1.54) is 0 Å². The lowest BCUT2D eigenvalue weighted by Crippen LogP contribution is -2.36. The first-order chi connectivity index (χ1) is 7.65. The second-order valence-electron chi connectivity index (χ2n) is 3.38. The molecule has 0 aromatic carbocycles. The van der Waals surface area contributed by atoms with E-state index < -0.39 is 0 Å². The minimum Gasteiger partial charge on any atom is -0.380 e. The molecule has 1 aromatic rings. The Kier molecular flexibility index (Phi) is 5.22. The minimum absolute atomic E-state index is 0.0521. The lowest BCUT2D eigenvalue weighted by molar-refractivity contribution is 0.0872. The van der Waals surface area contributed by atoms with E-state index in [-0.39, 0.29) is 17.1 Å². The van der Waals surface area contributed by atoms with Crippen molar-refractivity contribution in [3.8, 4) is 0 Å². The molecule has 0 radical (unpaired) electrons. The highest BCUT2D eigenvalue weighted by molar-refractivity contribution is 6.32. The third kappa shape index (κ3) is 3.79. The van der Waals surface area contributed by atoms with Crippen LogP contribution >= 0.6 is 11.6 Å². The molecule has 0 fully saturated rings. The van der Waals surface area contributed by atoms with Crippen molar-refractivity contribution in [1.29, 1.82) is 0 Å². The van der Waals surface area contributed by atoms with E-state index in [0.29, 0.717) is 18.8 Å². The molecular weight excluding hydrogens is 228 g/mol. The Morgan fingerprint density at radius 3 is 3.06 bits per heavy atom. The van der Waals surface area contributed by atoms with Crippen LogP contribution in [0.5, 0.6) is 0 Å². The van der Waals surface area contributed by atoms with Gasteiger partial charge in [-0.25, -0.2) is 4.98 Å². The van der Waals surface area contributed by atoms with Crippen molar-refractivity contribution >= 4 is 17.5 Å². The van der Waals surface area contributed by atoms with Crippen LogP contribution < -0.4 is 5.32 Å². The Labute approximate surface area is 100.0 Å². The normalized spacial score (nSPS) is 12.2. The van der Waals surface area contributed by atoms with E-state index in [1.54, 1.807) is 18.3 Å². The number of pyridine rings is 1. The van der Waals surface area contributed by atoms with Gasteiger partial charge in [0.15, 0.2) is 0 Å². The smallest absolute Gasteiger partial charge is 0.254 e. The number of carbonyl (C=O) groups excluding carboxylic acids is 1. The van der Waals surface area contributed by atoms with Gasteiger partial charge in [0.25, 0.3) is 5.91 Å². The second-order valence-corrected chi connectivity index (χ2v) is 3.73. The van der Waals surface area contributed by atoms with Crippen molar-refractivity contribution in [1.82, 2.24) is 10.3 Å². The Bertz CT molecular complexity index is 358. The molecule has 5 heteroatoms. The lowest BCUT2D eigenvalue weighted by atomic mass is 10.2. The molecule has 1 amide bonds. The number of halogens is 1. The van der Waals surface area contributed by atoms with Crippen LogP contribution in [0.4, 0.5) is 0 Å². The zero-order valence-corrected chi connectivity index (χ0v) is 10.1. The predicted octanol–water partition coefficient (Wildman–Crippen LogP) is 1.89. The Hall–Kier alpha value is -1.13. The predicted molar refractivity (Wildman–Crippen MR) is 62.7 cm³/mol. The van der Waals surface area contributed by atoms with Gasteiger partial charge in [0.2, 0.25) is 0 Å². The van der Waals surface area contributed by atoms with Gasteiger partial charge in [0.05, 0.1) is 12.2 Å². The highest BCUT2D eigenvalue weighted by atomic mass is 35.5. The van der Waals surface area contributed by atoms with Crippen molar-refractivity contribution < 1.29 is 9.53 Å². The largest absolute Gasteiger partial charge is 0.380 e. The van der Waals surface area contributed by atoms with Crippen molar-refractivity contribution in [3.63, 3.8) is 0 Å². The van der Waals surface area contributed by atoms with Gasteiger partial charge >= 0.3 is 0 Å². The fraction of sp³-hybridized carbons (Fsp3) is 0.455. The van der Waals surface area contributed by atoms with E-state index in [0.717, 1.165) is 0 Å². The number of rotatable bonds is 5. The van der Waals surface area contributed by atoms with Crippen molar-refractivity contribution in [2.45, 2.75) is 19.9 Å². The van der Waals surface area contributed by atoms with Crippen molar-refractivity contribution in [3.05, 3.63) is 29.0 Å². The molecule has 1 N–H and O–H groups in total. The van der Waals surface area contributed by atoms with Gasteiger partial charge in [0, 0.05) is 18.8 Å². The second kappa shape index (κ2) is 6.45. The van der Waals surface area contributed by atoms with Gasteiger partial charge in [-0.15, -0.1) is 0 Å². The van der Waals surface area contributed by atoms with Gasteiger partial charge in [-0.3, -0.25) is 4.79 Å². The number of hydrogen-bond acceptors (Lipinski definition) is 3. The van der Waals surface area contributed by atoms with Crippen LogP contribution in [0.15, 0.2) is 18.3 Å². The fourth-order valence-corrected chi connectivity index (χ4v) is 1.40. The number of aromatic nitrogens is 1. The molecule has 0 aliphatic rings. The summed E-state index contributed by atoms with van der Waals surface area (Å²) >= 11 is 5.80. The quantitative estimate of drug-likeness (QED) is 0.803. The topological polar surface area (TPSA) is 51.2 Å². The van der Waals surface area contributed by atoms with Crippen LogP contribution in [0.25, 0.3) is 0 Å². The molecule has 1 rings (SSSR count). The summed E-state index contributed by atoms with van der Waals surface area (Å²) in [6.07, 6.45) is 1.54. The standard InChI is InChI=1S/C11H15ClN2O2/c1-3-16-7-8(2)14-11(15)9-5-4-6-13-10(9)12/h4-6,8H,3,7H2,1-2H3,(H,14,15). The van der Waals surface area contributed by atoms with E-state index in [9.17, 15) is 4.79 Å². The molecule has 1 unspecified atom stereocenters. The molecule has 1 aromatic heterocycles. The van der Waals surface area contributed by atoms with Gasteiger partial charge in [0.1, 0.15) is 5.15 Å². The average Bonchev–Trinajstić information content (AvgIpc) is 2.26. The molecule has 0 bridgehead atoms. The van der Waals surface area contributed by atoms with E-state index in [2.05, 4.69) is 10.3 Å². The van der Waals surface area contributed by atoms with E-state index >= 15 is 0 Å². The zero-order valence-electron chi connectivity index (χ0n) is 9.37. The third-order valence-electron chi connectivity index (χ3n) is 1.95. The summed E-state index contributed by atoms with van der Waals surface area (Å²) in [6, 6.07) is 3.26. The molecule has 88 valence electrons. The van der Waals surface area contributed by atoms with Crippen LogP contribution in [0.1, 0.15) is 24.2 Å². The average molecular weight is 243 g/mol. The highest BCUT2D eigenvalue weighted by Gasteiger charge is 2.12. The van der Waals surface area contributed by atoms with Gasteiger partial charge in [-0.1, -0.05) is 11.6 Å². The molecule has 16 heavy (non-hydrogen) atoms. The maximum atomic E-state index is 11.7. The first kappa shape index (κ1) is 12.9. The van der Waals surface area contributed by atoms with Crippen LogP contribution in [0.3, 0.4) is 0 Å². The first-order valence-electron chi connectivity index (χ1n) is 5.14. The molecule has 1 atom stereocenters. The molecule has 0 aliphatic carbocycles. The monoisotopic (exact) mass is 242 g/mol. The summed E-state index contributed by atoms with van der Waals surface area (Å²) in [5.74, 6) is -0.231. The number of carbonyl (C=O) groups is 1. The number of ether oxygens (including phenoxy) is 1. The van der Waals surface area contributed by atoms with E-state index in [4.69, 9.17) is 16.3 Å². The number of amides is 1. The van der Waals surface area contributed by atoms with Gasteiger partial charge < -0.3 is 10.1 Å². The molecule has 1 heterocycles. The summed E-state index contributed by atoms with van der Waals surface area (Å²) < 4.78 is 5.20. The molecule has 0 aliphatic heterocycles. The maximum absolute atomic E-state index is 11.7. The van der Waals surface area contributed by atoms with Crippen LogP contribution in [0.2, 0.25) is 5.15 Å². The molecule has 0 saturated heterocycles. The summed E-state index contributed by atoms with van der Waals surface area (Å²) in [6.45, 7) is 4.90. The SMILES string of the molecule is CCOCC(C)NC(=O)c1cccnc1Cl. The summed E-state index contributed by atoms with van der Waals surface area (Å²) in [4.78, 5) is 15.6. The maximum Gasteiger partial charge on any atom is 0.254 e. The van der Waals surface area contributed by atoms with Gasteiger partial charge in [-0.05, 0) is 26.0 Å². The Morgan fingerprint density at radius 1 is 1.69 bits per heavy atom. The van der Waals surface area contributed by atoms with Crippen LogP contribution in [-0.4, -0.2) is 30.1 Å². The van der Waals surface area contributed by atoms with Crippen LogP contribution in [0, 0.1) is 0 Å². The van der Waals surface area contributed by atoms with Gasteiger partial charge in [-0.2, -0.15) is 0 Å². The minimum atomic E-state index is -0.231. The van der Waals surface area contributed by atoms with Crippen molar-refractivity contribution in [2.24, 2.45) is 0 Å². The number of nitrogens with one attached hydrogen (secondary N) is 1. The molecule has 0 spiro atoms. The first-order valence-corrected chi connectivity index (χ1v) is 5.52. The summed E-state index contributed by atoms with van der Waals surface area (Å²) in [5.41, 5.74) is 0.382. The highest BCUT2D eigenvalue weighted by Crippen LogP contribution is 2.11. The number of nitrogens with zero attached hydrogens (tertiary/aromatic N) is 1. The van der Waals surface area contributed by atoms with Crippen molar-refractivity contribution in [2.75, 3.05) is 13.2 Å². The molecule has 4 nitrogen and oxygen atoms in total. The van der Waals surface area contributed by atoms with Crippen LogP contribution in [-0.2, 0) is 4.74 Å². The Morgan fingerprint density at radius 2 is 2.44 bits per heavy atom. The zero-order chi connectivity index (χ0) is 12.0. The summed E-state index contributed by atoms with van der Waals surface area (Å²) in [5, 5.41) is 3.00. The Balaban J connectivity index is 2.56. The number of hydrogen-bond donors (Lipinski definition) is 1. The third-order valence-corrected chi connectivity index (χ3v) is 2.25. The summed E-state index contributed by atoms with van der Waals surface area (Å²) in [7, 11) is 0.